The highest BCUT2D eigenvalue weighted by atomic mass is 16.2. The minimum atomic E-state index is -0.229. The van der Waals surface area contributed by atoms with Crippen molar-refractivity contribution in [3.8, 4) is 11.8 Å². The molecule has 2 rings (SSSR count). The van der Waals surface area contributed by atoms with Crippen molar-refractivity contribution in [2.75, 3.05) is 11.9 Å². The van der Waals surface area contributed by atoms with Crippen molar-refractivity contribution >= 4 is 11.6 Å². The number of aliphatic hydroxyl groups excluding tert-OH is 1. The number of nitrogens with one attached hydrogen (secondary N) is 1. The van der Waals surface area contributed by atoms with Gasteiger partial charge in [0.2, 0.25) is 0 Å². The van der Waals surface area contributed by atoms with Crippen molar-refractivity contribution in [3.63, 3.8) is 0 Å². The Morgan fingerprint density at radius 3 is 2.81 bits per heavy atom. The van der Waals surface area contributed by atoms with Crippen molar-refractivity contribution in [2.24, 2.45) is 0 Å². The summed E-state index contributed by atoms with van der Waals surface area (Å²) in [7, 11) is 0. The van der Waals surface area contributed by atoms with Crippen molar-refractivity contribution in [2.45, 2.75) is 13.3 Å². The maximum atomic E-state index is 12.3. The van der Waals surface area contributed by atoms with Crippen LogP contribution in [0.15, 0.2) is 36.9 Å². The lowest BCUT2D eigenvalue weighted by molar-refractivity contribution is 0.102. The average molecular weight is 281 g/mol. The molecular formula is C16H15N3O2. The minimum absolute atomic E-state index is 0.0280. The molecule has 21 heavy (non-hydrogen) atoms. The molecule has 1 aromatic heterocycles. The van der Waals surface area contributed by atoms with E-state index in [9.17, 15) is 4.79 Å². The van der Waals surface area contributed by atoms with Gasteiger partial charge in [0.15, 0.2) is 0 Å². The van der Waals surface area contributed by atoms with E-state index in [0.717, 1.165) is 11.1 Å². The molecule has 5 nitrogen and oxygen atoms in total. The first kappa shape index (κ1) is 14.7. The zero-order valence-electron chi connectivity index (χ0n) is 11.6. The molecular weight excluding hydrogens is 266 g/mol. The van der Waals surface area contributed by atoms with Crippen LogP contribution in [0.4, 0.5) is 5.69 Å². The van der Waals surface area contributed by atoms with E-state index in [1.165, 1.54) is 18.7 Å². The number of aryl methyl sites for hydroxylation is 1. The molecule has 2 N–H and O–H groups in total. The Morgan fingerprint density at radius 1 is 1.33 bits per heavy atom. The molecule has 0 bridgehead atoms. The normalized spacial score (nSPS) is 9.62. The highest BCUT2D eigenvalue weighted by molar-refractivity contribution is 6.05. The van der Waals surface area contributed by atoms with Gasteiger partial charge >= 0.3 is 0 Å². The Kier molecular flexibility index (Phi) is 5.02. The summed E-state index contributed by atoms with van der Waals surface area (Å²) in [4.78, 5) is 20.0. The second kappa shape index (κ2) is 7.17. The molecule has 0 aliphatic rings. The van der Waals surface area contributed by atoms with Crippen LogP contribution in [0, 0.1) is 18.8 Å². The van der Waals surface area contributed by atoms with Crippen LogP contribution < -0.4 is 5.32 Å². The number of rotatable bonds is 3. The van der Waals surface area contributed by atoms with Crippen molar-refractivity contribution in [3.05, 3.63) is 53.6 Å². The van der Waals surface area contributed by atoms with Crippen LogP contribution >= 0.6 is 0 Å². The Hall–Kier alpha value is -2.71. The van der Waals surface area contributed by atoms with E-state index in [1.807, 2.05) is 19.1 Å². The molecule has 106 valence electrons. The number of carbonyl (C=O) groups is 1. The second-order valence-electron chi connectivity index (χ2n) is 4.39. The van der Waals surface area contributed by atoms with Crippen LogP contribution in [-0.4, -0.2) is 27.6 Å². The topological polar surface area (TPSA) is 75.1 Å². The summed E-state index contributed by atoms with van der Waals surface area (Å²) >= 11 is 0. The smallest absolute Gasteiger partial charge is 0.256 e. The highest BCUT2D eigenvalue weighted by Gasteiger charge is 2.10. The first-order valence-corrected chi connectivity index (χ1v) is 6.47. The van der Waals surface area contributed by atoms with E-state index in [4.69, 9.17) is 5.11 Å². The summed E-state index contributed by atoms with van der Waals surface area (Å²) in [5, 5.41) is 11.5. The van der Waals surface area contributed by atoms with E-state index >= 15 is 0 Å². The molecule has 0 saturated carbocycles. The average Bonchev–Trinajstić information content (AvgIpc) is 2.50. The summed E-state index contributed by atoms with van der Waals surface area (Å²) < 4.78 is 0. The minimum Gasteiger partial charge on any atom is -0.395 e. The number of carbonyl (C=O) groups excluding carboxylic acids is 1. The standard InChI is InChI=1S/C16H15N3O2/c1-12-5-6-13(4-2-3-7-20)8-15(12)16(21)19-14-9-17-11-18-10-14/h5-6,8-11,20H,3,7H2,1H3,(H,19,21). The fourth-order valence-corrected chi connectivity index (χ4v) is 1.73. The molecule has 5 heteroatoms. The second-order valence-corrected chi connectivity index (χ2v) is 4.39. The van der Waals surface area contributed by atoms with E-state index in [0.29, 0.717) is 17.7 Å². The number of hydrogen-bond acceptors (Lipinski definition) is 4. The van der Waals surface area contributed by atoms with Crippen molar-refractivity contribution < 1.29 is 9.90 Å². The Labute approximate surface area is 123 Å². The molecule has 0 atom stereocenters. The van der Waals surface area contributed by atoms with Gasteiger partial charge in [-0.05, 0) is 24.6 Å². The predicted molar refractivity (Wildman–Crippen MR) is 79.7 cm³/mol. The molecule has 0 radical (unpaired) electrons. The van der Waals surface area contributed by atoms with Gasteiger partial charge in [-0.25, -0.2) is 9.97 Å². The van der Waals surface area contributed by atoms with Crippen LogP contribution in [0.3, 0.4) is 0 Å². The molecule has 1 aromatic carbocycles. The molecule has 2 aromatic rings. The lowest BCUT2D eigenvalue weighted by atomic mass is 10.0. The number of aromatic nitrogens is 2. The van der Waals surface area contributed by atoms with E-state index < -0.39 is 0 Å². The fourth-order valence-electron chi connectivity index (χ4n) is 1.73. The highest BCUT2D eigenvalue weighted by Crippen LogP contribution is 2.13. The van der Waals surface area contributed by atoms with E-state index in [2.05, 4.69) is 27.1 Å². The van der Waals surface area contributed by atoms with E-state index in [1.54, 1.807) is 6.07 Å². The third kappa shape index (κ3) is 4.13. The van der Waals surface area contributed by atoms with Gasteiger partial charge in [-0.1, -0.05) is 17.9 Å². The fraction of sp³-hybridized carbons (Fsp3) is 0.188. The zero-order chi connectivity index (χ0) is 15.1. The third-order valence-corrected chi connectivity index (χ3v) is 2.77. The van der Waals surface area contributed by atoms with Crippen LogP contribution in [0.1, 0.15) is 27.9 Å². The van der Waals surface area contributed by atoms with Gasteiger partial charge in [-0.15, -0.1) is 0 Å². The molecule has 0 fully saturated rings. The number of amides is 1. The lowest BCUT2D eigenvalue weighted by Gasteiger charge is -2.07. The monoisotopic (exact) mass is 281 g/mol. The largest absolute Gasteiger partial charge is 0.395 e. The quantitative estimate of drug-likeness (QED) is 0.841. The predicted octanol–water partition coefficient (Wildman–Crippen LogP) is 1.77. The van der Waals surface area contributed by atoms with Crippen molar-refractivity contribution in [1.29, 1.82) is 0 Å². The zero-order valence-corrected chi connectivity index (χ0v) is 11.6. The Morgan fingerprint density at radius 2 is 2.10 bits per heavy atom. The number of aliphatic hydroxyl groups is 1. The summed E-state index contributed by atoms with van der Waals surface area (Å²) in [5.41, 5.74) is 2.69. The Bertz CT molecular complexity index is 688. The summed E-state index contributed by atoms with van der Waals surface area (Å²) in [6, 6.07) is 5.43. The molecule has 0 aliphatic carbocycles. The van der Waals surface area contributed by atoms with Gasteiger partial charge in [0.05, 0.1) is 24.7 Å². The first-order valence-electron chi connectivity index (χ1n) is 6.47. The van der Waals surface area contributed by atoms with Gasteiger partial charge in [-0.3, -0.25) is 4.79 Å². The van der Waals surface area contributed by atoms with Gasteiger partial charge < -0.3 is 10.4 Å². The molecule has 1 amide bonds. The number of hydrogen-bond donors (Lipinski definition) is 2. The summed E-state index contributed by atoms with van der Waals surface area (Å²) in [5.74, 6) is 5.52. The first-order chi connectivity index (χ1) is 10.2. The molecule has 0 aliphatic heterocycles. The van der Waals surface area contributed by atoms with Crippen LogP contribution in [-0.2, 0) is 0 Å². The van der Waals surface area contributed by atoms with Gasteiger partial charge in [-0.2, -0.15) is 0 Å². The number of nitrogens with zero attached hydrogens (tertiary/aromatic N) is 2. The van der Waals surface area contributed by atoms with Crippen LogP contribution in [0.5, 0.6) is 0 Å². The number of anilines is 1. The SMILES string of the molecule is Cc1ccc(C#CCCO)cc1C(=O)Nc1cncnc1. The third-order valence-electron chi connectivity index (χ3n) is 2.77. The van der Waals surface area contributed by atoms with Crippen LogP contribution in [0.25, 0.3) is 0 Å². The maximum Gasteiger partial charge on any atom is 0.256 e. The molecule has 0 saturated heterocycles. The van der Waals surface area contributed by atoms with Gasteiger partial charge in [0, 0.05) is 17.5 Å². The van der Waals surface area contributed by atoms with E-state index in [-0.39, 0.29) is 12.5 Å². The molecule has 1 heterocycles. The maximum absolute atomic E-state index is 12.3. The molecule has 0 spiro atoms. The van der Waals surface area contributed by atoms with Crippen LogP contribution in [0.2, 0.25) is 0 Å². The van der Waals surface area contributed by atoms with Crippen molar-refractivity contribution in [1.82, 2.24) is 9.97 Å². The summed E-state index contributed by atoms with van der Waals surface area (Å²) in [6.07, 6.45) is 4.88. The van der Waals surface area contributed by atoms with Gasteiger partial charge in [0.25, 0.3) is 5.91 Å². The summed E-state index contributed by atoms with van der Waals surface area (Å²) in [6.45, 7) is 1.89. The molecule has 0 unspecified atom stereocenters. The van der Waals surface area contributed by atoms with Gasteiger partial charge in [0.1, 0.15) is 6.33 Å². The number of benzene rings is 1. The lowest BCUT2D eigenvalue weighted by Crippen LogP contribution is -2.14. The Balaban J connectivity index is 2.20.